The molecule has 0 saturated carbocycles. The minimum atomic E-state index is -0.336. The largest absolute Gasteiger partial charge is 0.352 e. The molecule has 0 saturated heterocycles. The number of aryl methyl sites for hydroxylation is 1. The molecule has 94 valence electrons. The average molecular weight is 302 g/mol. The van der Waals surface area contributed by atoms with E-state index in [1.807, 2.05) is 0 Å². The number of carbonyl (C=O) groups is 1. The van der Waals surface area contributed by atoms with Crippen molar-refractivity contribution in [2.45, 2.75) is 26.2 Å². The molecule has 0 heterocycles. The maximum atomic E-state index is 13.2. The van der Waals surface area contributed by atoms with Gasteiger partial charge in [-0.2, -0.15) is 0 Å². The molecule has 0 aliphatic carbocycles. The highest BCUT2D eigenvalue weighted by molar-refractivity contribution is 9.09. The zero-order chi connectivity index (χ0) is 12.7. The van der Waals surface area contributed by atoms with Crippen LogP contribution in [0.3, 0.4) is 0 Å². The highest BCUT2D eigenvalue weighted by Gasteiger charge is 2.06. The van der Waals surface area contributed by atoms with E-state index in [0.717, 1.165) is 24.6 Å². The molecular formula is C13H17BrFNO. The molecule has 0 fully saturated rings. The molecule has 17 heavy (non-hydrogen) atoms. The zero-order valence-electron chi connectivity index (χ0n) is 9.93. The standard InChI is InChI=1S/C13H17BrFNO/c1-10-5-6-11(9-12(10)15)13(17)16-8-4-2-3-7-14/h5-6,9H,2-4,7-8H2,1H3,(H,16,17). The van der Waals surface area contributed by atoms with E-state index in [2.05, 4.69) is 21.2 Å². The summed E-state index contributed by atoms with van der Waals surface area (Å²) < 4.78 is 13.2. The van der Waals surface area contributed by atoms with Gasteiger partial charge >= 0.3 is 0 Å². The highest BCUT2D eigenvalue weighted by atomic mass is 79.9. The summed E-state index contributed by atoms with van der Waals surface area (Å²) in [7, 11) is 0. The number of alkyl halides is 1. The van der Waals surface area contributed by atoms with Crippen LogP contribution in [0.5, 0.6) is 0 Å². The lowest BCUT2D eigenvalue weighted by molar-refractivity contribution is 0.0952. The fraction of sp³-hybridized carbons (Fsp3) is 0.462. The molecule has 0 aromatic heterocycles. The fourth-order valence-electron chi connectivity index (χ4n) is 1.43. The van der Waals surface area contributed by atoms with Crippen molar-refractivity contribution in [3.8, 4) is 0 Å². The van der Waals surface area contributed by atoms with Crippen molar-refractivity contribution in [1.29, 1.82) is 0 Å². The van der Waals surface area contributed by atoms with Crippen LogP contribution in [0.4, 0.5) is 4.39 Å². The molecule has 4 heteroatoms. The van der Waals surface area contributed by atoms with E-state index in [1.165, 1.54) is 6.07 Å². The minimum Gasteiger partial charge on any atom is -0.352 e. The quantitative estimate of drug-likeness (QED) is 0.633. The third kappa shape index (κ3) is 4.86. The summed E-state index contributed by atoms with van der Waals surface area (Å²) in [6.45, 7) is 2.32. The third-order valence-electron chi connectivity index (χ3n) is 2.53. The van der Waals surface area contributed by atoms with Gasteiger partial charge in [-0.05, 0) is 37.5 Å². The Labute approximate surface area is 110 Å². The van der Waals surface area contributed by atoms with Gasteiger partial charge in [0, 0.05) is 17.4 Å². The number of hydrogen-bond acceptors (Lipinski definition) is 1. The number of amides is 1. The van der Waals surface area contributed by atoms with E-state index in [-0.39, 0.29) is 11.7 Å². The molecule has 1 aromatic carbocycles. The number of rotatable bonds is 6. The van der Waals surface area contributed by atoms with Crippen LogP contribution in [0.25, 0.3) is 0 Å². The van der Waals surface area contributed by atoms with Crippen molar-refractivity contribution >= 4 is 21.8 Å². The lowest BCUT2D eigenvalue weighted by Crippen LogP contribution is -2.24. The molecule has 0 aliphatic heterocycles. The molecule has 2 nitrogen and oxygen atoms in total. The number of hydrogen-bond donors (Lipinski definition) is 1. The lowest BCUT2D eigenvalue weighted by atomic mass is 10.1. The summed E-state index contributed by atoms with van der Waals surface area (Å²) >= 11 is 3.35. The Balaban J connectivity index is 2.39. The fourth-order valence-corrected chi connectivity index (χ4v) is 1.83. The second-order valence-corrected chi connectivity index (χ2v) is 4.76. The maximum Gasteiger partial charge on any atom is 0.251 e. The number of carbonyl (C=O) groups excluding carboxylic acids is 1. The Bertz CT molecular complexity index is 382. The Kier molecular flexibility index (Phi) is 6.19. The Morgan fingerprint density at radius 2 is 2.12 bits per heavy atom. The Morgan fingerprint density at radius 1 is 1.35 bits per heavy atom. The average Bonchev–Trinajstić information content (AvgIpc) is 2.32. The second-order valence-electron chi connectivity index (χ2n) is 3.97. The number of unbranched alkanes of at least 4 members (excludes halogenated alkanes) is 2. The van der Waals surface area contributed by atoms with Gasteiger partial charge in [0.2, 0.25) is 0 Å². The van der Waals surface area contributed by atoms with E-state index in [9.17, 15) is 9.18 Å². The predicted octanol–water partition coefficient (Wildman–Crippen LogP) is 3.43. The molecule has 1 aromatic rings. The van der Waals surface area contributed by atoms with Gasteiger partial charge in [-0.3, -0.25) is 4.79 Å². The highest BCUT2D eigenvalue weighted by Crippen LogP contribution is 2.09. The summed E-state index contributed by atoms with van der Waals surface area (Å²) in [4.78, 5) is 11.7. The summed E-state index contributed by atoms with van der Waals surface area (Å²) in [6, 6.07) is 4.55. The van der Waals surface area contributed by atoms with Gasteiger partial charge in [0.15, 0.2) is 0 Å². The molecule has 1 rings (SSSR count). The lowest BCUT2D eigenvalue weighted by Gasteiger charge is -2.05. The van der Waals surface area contributed by atoms with Crippen molar-refractivity contribution in [1.82, 2.24) is 5.32 Å². The van der Waals surface area contributed by atoms with Gasteiger partial charge in [0.05, 0.1) is 0 Å². The van der Waals surface area contributed by atoms with Gasteiger partial charge < -0.3 is 5.32 Å². The van der Waals surface area contributed by atoms with Crippen LogP contribution in [-0.2, 0) is 0 Å². The van der Waals surface area contributed by atoms with Gasteiger partial charge in [0.1, 0.15) is 5.82 Å². The van der Waals surface area contributed by atoms with Crippen LogP contribution in [0.1, 0.15) is 35.2 Å². The Hall–Kier alpha value is -0.900. The van der Waals surface area contributed by atoms with Crippen LogP contribution in [0.2, 0.25) is 0 Å². The zero-order valence-corrected chi connectivity index (χ0v) is 11.5. The first kappa shape index (κ1) is 14.2. The molecule has 0 aliphatic rings. The third-order valence-corrected chi connectivity index (χ3v) is 3.09. The first-order valence-corrected chi connectivity index (χ1v) is 6.87. The maximum absolute atomic E-state index is 13.2. The van der Waals surface area contributed by atoms with Crippen molar-refractivity contribution in [3.63, 3.8) is 0 Å². The van der Waals surface area contributed by atoms with Crippen molar-refractivity contribution in [2.24, 2.45) is 0 Å². The second kappa shape index (κ2) is 7.43. The molecule has 1 amide bonds. The van der Waals surface area contributed by atoms with Crippen molar-refractivity contribution in [2.75, 3.05) is 11.9 Å². The van der Waals surface area contributed by atoms with Gasteiger partial charge in [-0.15, -0.1) is 0 Å². The summed E-state index contributed by atoms with van der Waals surface area (Å²) in [5.41, 5.74) is 0.937. The monoisotopic (exact) mass is 301 g/mol. The minimum absolute atomic E-state index is 0.206. The molecule has 0 radical (unpaired) electrons. The van der Waals surface area contributed by atoms with Crippen LogP contribution < -0.4 is 5.32 Å². The molecule has 0 unspecified atom stereocenters. The van der Waals surface area contributed by atoms with Crippen LogP contribution in [-0.4, -0.2) is 17.8 Å². The normalized spacial score (nSPS) is 10.3. The topological polar surface area (TPSA) is 29.1 Å². The van der Waals surface area contributed by atoms with Gasteiger partial charge in [0.25, 0.3) is 5.91 Å². The van der Waals surface area contributed by atoms with E-state index in [0.29, 0.717) is 17.7 Å². The first-order chi connectivity index (χ1) is 8.15. The van der Waals surface area contributed by atoms with Crippen molar-refractivity contribution < 1.29 is 9.18 Å². The number of halogens is 2. The number of nitrogens with one attached hydrogen (secondary N) is 1. The predicted molar refractivity (Wildman–Crippen MR) is 71.1 cm³/mol. The summed E-state index contributed by atoms with van der Waals surface area (Å²) in [5.74, 6) is -0.542. The molecule has 0 atom stereocenters. The van der Waals surface area contributed by atoms with Gasteiger partial charge in [-0.1, -0.05) is 28.4 Å². The van der Waals surface area contributed by atoms with Crippen LogP contribution >= 0.6 is 15.9 Å². The molecule has 1 N–H and O–H groups in total. The SMILES string of the molecule is Cc1ccc(C(=O)NCCCCCBr)cc1F. The van der Waals surface area contributed by atoms with E-state index in [4.69, 9.17) is 0 Å². The molecule has 0 spiro atoms. The first-order valence-electron chi connectivity index (χ1n) is 5.75. The van der Waals surface area contributed by atoms with E-state index >= 15 is 0 Å². The molecule has 0 bridgehead atoms. The summed E-state index contributed by atoms with van der Waals surface area (Å²) in [5, 5.41) is 3.77. The van der Waals surface area contributed by atoms with E-state index in [1.54, 1.807) is 19.1 Å². The van der Waals surface area contributed by atoms with E-state index < -0.39 is 0 Å². The Morgan fingerprint density at radius 3 is 2.76 bits per heavy atom. The summed E-state index contributed by atoms with van der Waals surface area (Å²) in [6.07, 6.45) is 3.13. The van der Waals surface area contributed by atoms with Crippen LogP contribution in [0, 0.1) is 12.7 Å². The van der Waals surface area contributed by atoms with Crippen molar-refractivity contribution in [3.05, 3.63) is 35.1 Å². The smallest absolute Gasteiger partial charge is 0.251 e. The number of benzene rings is 1. The van der Waals surface area contributed by atoms with Crippen LogP contribution in [0.15, 0.2) is 18.2 Å². The molecular weight excluding hydrogens is 285 g/mol. The van der Waals surface area contributed by atoms with Gasteiger partial charge in [-0.25, -0.2) is 4.39 Å².